The Morgan fingerprint density at radius 2 is 2.54 bits per heavy atom. The standard InChI is InChI=1S/C9H15NO3/c1-7(9(11)12-2)6-8-4-3-5-13-10-8/h7H,3-6H2,1-2H3. The average molecular weight is 185 g/mol. The fourth-order valence-corrected chi connectivity index (χ4v) is 1.30. The van der Waals surface area contributed by atoms with E-state index in [2.05, 4.69) is 9.89 Å². The van der Waals surface area contributed by atoms with Gasteiger partial charge in [0.25, 0.3) is 0 Å². The van der Waals surface area contributed by atoms with Gasteiger partial charge in [0.2, 0.25) is 0 Å². The maximum Gasteiger partial charge on any atom is 0.308 e. The Labute approximate surface area is 77.9 Å². The summed E-state index contributed by atoms with van der Waals surface area (Å²) in [5.41, 5.74) is 0.962. The number of ether oxygens (including phenoxy) is 1. The Hall–Kier alpha value is -1.06. The van der Waals surface area contributed by atoms with Crippen LogP contribution >= 0.6 is 0 Å². The molecule has 4 nitrogen and oxygen atoms in total. The Morgan fingerprint density at radius 1 is 1.77 bits per heavy atom. The Kier molecular flexibility index (Phi) is 3.73. The summed E-state index contributed by atoms with van der Waals surface area (Å²) >= 11 is 0. The van der Waals surface area contributed by atoms with Gasteiger partial charge in [-0.3, -0.25) is 4.79 Å². The molecule has 1 atom stereocenters. The predicted octanol–water partition coefficient (Wildman–Crippen LogP) is 1.35. The first kappa shape index (κ1) is 10.0. The fraction of sp³-hybridized carbons (Fsp3) is 0.778. The molecule has 0 fully saturated rings. The lowest BCUT2D eigenvalue weighted by Gasteiger charge is -2.14. The molecule has 0 N–H and O–H groups in total. The van der Waals surface area contributed by atoms with Crippen LogP contribution in [0.3, 0.4) is 0 Å². The molecule has 0 aromatic rings. The molecule has 0 saturated carbocycles. The number of esters is 1. The van der Waals surface area contributed by atoms with E-state index in [9.17, 15) is 4.79 Å². The van der Waals surface area contributed by atoms with Crippen molar-refractivity contribution < 1.29 is 14.4 Å². The molecular weight excluding hydrogens is 170 g/mol. The lowest BCUT2D eigenvalue weighted by molar-refractivity contribution is -0.144. The number of methoxy groups -OCH3 is 1. The van der Waals surface area contributed by atoms with Gasteiger partial charge in [0.05, 0.1) is 18.7 Å². The van der Waals surface area contributed by atoms with E-state index >= 15 is 0 Å². The molecule has 0 bridgehead atoms. The molecule has 0 radical (unpaired) electrons. The third kappa shape index (κ3) is 3.05. The van der Waals surface area contributed by atoms with Gasteiger partial charge in [0.15, 0.2) is 0 Å². The maximum atomic E-state index is 11.1. The largest absolute Gasteiger partial charge is 0.469 e. The molecule has 0 spiro atoms. The number of rotatable bonds is 3. The highest BCUT2D eigenvalue weighted by Crippen LogP contribution is 2.12. The van der Waals surface area contributed by atoms with Gasteiger partial charge >= 0.3 is 5.97 Å². The smallest absolute Gasteiger partial charge is 0.308 e. The summed E-state index contributed by atoms with van der Waals surface area (Å²) in [7, 11) is 1.40. The molecule has 0 aromatic heterocycles. The summed E-state index contributed by atoms with van der Waals surface area (Å²) in [6.07, 6.45) is 2.57. The van der Waals surface area contributed by atoms with Crippen LogP contribution in [0.25, 0.3) is 0 Å². The van der Waals surface area contributed by atoms with E-state index in [1.165, 1.54) is 7.11 Å². The van der Waals surface area contributed by atoms with Gasteiger partial charge in [0.1, 0.15) is 6.61 Å². The first-order valence-corrected chi connectivity index (χ1v) is 4.49. The van der Waals surface area contributed by atoms with E-state index in [1.807, 2.05) is 6.92 Å². The highest BCUT2D eigenvalue weighted by molar-refractivity contribution is 5.88. The highest BCUT2D eigenvalue weighted by atomic mass is 16.6. The molecule has 0 amide bonds. The van der Waals surface area contributed by atoms with Crippen LogP contribution in [-0.4, -0.2) is 25.4 Å². The minimum Gasteiger partial charge on any atom is -0.469 e. The second-order valence-electron chi connectivity index (χ2n) is 3.22. The lowest BCUT2D eigenvalue weighted by atomic mass is 10.0. The zero-order valence-corrected chi connectivity index (χ0v) is 8.08. The van der Waals surface area contributed by atoms with Gasteiger partial charge in [-0.15, -0.1) is 0 Å². The summed E-state index contributed by atoms with van der Waals surface area (Å²) in [5, 5.41) is 3.89. The molecule has 13 heavy (non-hydrogen) atoms. The molecule has 0 saturated heterocycles. The van der Waals surface area contributed by atoms with E-state index in [0.29, 0.717) is 13.0 Å². The molecule has 74 valence electrons. The van der Waals surface area contributed by atoms with Gasteiger partial charge in [-0.05, 0) is 12.8 Å². The molecule has 1 aliphatic rings. The molecule has 4 heteroatoms. The minimum absolute atomic E-state index is 0.120. The van der Waals surface area contributed by atoms with Crippen molar-refractivity contribution in [2.45, 2.75) is 26.2 Å². The first-order chi connectivity index (χ1) is 6.24. The van der Waals surface area contributed by atoms with Gasteiger partial charge in [-0.2, -0.15) is 0 Å². The van der Waals surface area contributed by atoms with Crippen LogP contribution in [-0.2, 0) is 14.4 Å². The number of carbonyl (C=O) groups is 1. The third-order valence-corrected chi connectivity index (χ3v) is 2.04. The second kappa shape index (κ2) is 4.84. The summed E-state index contributed by atoms with van der Waals surface area (Å²) in [5.74, 6) is -0.307. The first-order valence-electron chi connectivity index (χ1n) is 4.49. The quantitative estimate of drug-likeness (QED) is 0.623. The summed E-state index contributed by atoms with van der Waals surface area (Å²) in [4.78, 5) is 16.0. The van der Waals surface area contributed by atoms with Crippen LogP contribution in [0.5, 0.6) is 0 Å². The van der Waals surface area contributed by atoms with Crippen molar-refractivity contribution in [2.75, 3.05) is 13.7 Å². The van der Waals surface area contributed by atoms with E-state index < -0.39 is 0 Å². The SMILES string of the molecule is COC(=O)C(C)CC1=NOCCC1. The van der Waals surface area contributed by atoms with Crippen LogP contribution in [0.2, 0.25) is 0 Å². The predicted molar refractivity (Wildman–Crippen MR) is 48.4 cm³/mol. The molecule has 0 aliphatic carbocycles. The number of nitrogens with zero attached hydrogens (tertiary/aromatic N) is 1. The maximum absolute atomic E-state index is 11.1. The molecule has 1 rings (SSSR count). The van der Waals surface area contributed by atoms with Crippen LogP contribution in [0.1, 0.15) is 26.2 Å². The van der Waals surface area contributed by atoms with Gasteiger partial charge in [0, 0.05) is 6.42 Å². The van der Waals surface area contributed by atoms with Crippen molar-refractivity contribution in [1.82, 2.24) is 0 Å². The number of oxime groups is 1. The summed E-state index contributed by atoms with van der Waals surface area (Å²) in [6, 6.07) is 0. The van der Waals surface area contributed by atoms with E-state index in [-0.39, 0.29) is 11.9 Å². The van der Waals surface area contributed by atoms with E-state index in [0.717, 1.165) is 18.6 Å². The zero-order valence-electron chi connectivity index (χ0n) is 8.08. The van der Waals surface area contributed by atoms with Crippen molar-refractivity contribution in [3.05, 3.63) is 0 Å². The van der Waals surface area contributed by atoms with Crippen molar-refractivity contribution in [3.8, 4) is 0 Å². The second-order valence-corrected chi connectivity index (χ2v) is 3.22. The zero-order chi connectivity index (χ0) is 9.68. The summed E-state index contributed by atoms with van der Waals surface area (Å²) < 4.78 is 4.62. The normalized spacial score (nSPS) is 18.5. The summed E-state index contributed by atoms with van der Waals surface area (Å²) in [6.45, 7) is 2.53. The highest BCUT2D eigenvalue weighted by Gasteiger charge is 2.17. The molecule has 1 aliphatic heterocycles. The lowest BCUT2D eigenvalue weighted by Crippen LogP contribution is -2.18. The fourth-order valence-electron chi connectivity index (χ4n) is 1.30. The Balaban J connectivity index is 2.38. The number of hydrogen-bond donors (Lipinski definition) is 0. The van der Waals surface area contributed by atoms with Crippen LogP contribution in [0, 0.1) is 5.92 Å². The van der Waals surface area contributed by atoms with Crippen molar-refractivity contribution in [3.63, 3.8) is 0 Å². The Morgan fingerprint density at radius 3 is 3.08 bits per heavy atom. The van der Waals surface area contributed by atoms with Crippen LogP contribution < -0.4 is 0 Å². The van der Waals surface area contributed by atoms with Crippen LogP contribution in [0.15, 0.2) is 5.16 Å². The number of hydrogen-bond acceptors (Lipinski definition) is 4. The van der Waals surface area contributed by atoms with Crippen molar-refractivity contribution in [1.29, 1.82) is 0 Å². The average Bonchev–Trinajstić information content (AvgIpc) is 2.18. The van der Waals surface area contributed by atoms with Crippen molar-refractivity contribution in [2.24, 2.45) is 11.1 Å². The third-order valence-electron chi connectivity index (χ3n) is 2.04. The molecule has 0 aromatic carbocycles. The number of carbonyl (C=O) groups excluding carboxylic acids is 1. The van der Waals surface area contributed by atoms with Gasteiger partial charge in [-0.25, -0.2) is 0 Å². The molecular formula is C9H15NO3. The van der Waals surface area contributed by atoms with Gasteiger partial charge < -0.3 is 9.57 Å². The van der Waals surface area contributed by atoms with Gasteiger partial charge in [-0.1, -0.05) is 12.1 Å². The monoisotopic (exact) mass is 185 g/mol. The molecule has 1 heterocycles. The Bertz CT molecular complexity index is 213. The van der Waals surface area contributed by atoms with Crippen molar-refractivity contribution >= 4 is 11.7 Å². The minimum atomic E-state index is -0.187. The van der Waals surface area contributed by atoms with Crippen LogP contribution in [0.4, 0.5) is 0 Å². The topological polar surface area (TPSA) is 47.9 Å². The molecule has 1 unspecified atom stereocenters. The van der Waals surface area contributed by atoms with E-state index in [4.69, 9.17) is 4.84 Å². The van der Waals surface area contributed by atoms with E-state index in [1.54, 1.807) is 0 Å².